The molecule has 5 heteroatoms. The fraction of sp³-hybridized carbons (Fsp3) is 0.167. The Kier molecular flexibility index (Phi) is 3.20. The Bertz CT molecular complexity index is 534. The first-order valence-corrected chi connectivity index (χ1v) is 5.23. The predicted octanol–water partition coefficient (Wildman–Crippen LogP) is 1.69. The van der Waals surface area contributed by atoms with Crippen LogP contribution in [0.25, 0.3) is 0 Å². The summed E-state index contributed by atoms with van der Waals surface area (Å²) in [6, 6.07) is 7.40. The molecule has 88 valence electrons. The van der Waals surface area contributed by atoms with Gasteiger partial charge in [0.1, 0.15) is 11.3 Å². The monoisotopic (exact) mass is 231 g/mol. The first kappa shape index (κ1) is 11.3. The highest BCUT2D eigenvalue weighted by atomic mass is 16.5. The van der Waals surface area contributed by atoms with Crippen LogP contribution in [0.2, 0.25) is 0 Å². The molecule has 2 aromatic rings. The Morgan fingerprint density at radius 3 is 2.88 bits per heavy atom. The van der Waals surface area contributed by atoms with Gasteiger partial charge in [-0.05, 0) is 18.6 Å². The van der Waals surface area contributed by atoms with Crippen molar-refractivity contribution in [3.63, 3.8) is 0 Å². The molecule has 0 aliphatic rings. The van der Waals surface area contributed by atoms with Crippen molar-refractivity contribution >= 4 is 11.6 Å². The van der Waals surface area contributed by atoms with E-state index in [9.17, 15) is 4.79 Å². The molecule has 0 aliphatic carbocycles. The average molecular weight is 231 g/mol. The van der Waals surface area contributed by atoms with Gasteiger partial charge in [-0.15, -0.1) is 0 Å². The van der Waals surface area contributed by atoms with Crippen molar-refractivity contribution in [2.45, 2.75) is 13.5 Å². The first-order valence-electron chi connectivity index (χ1n) is 5.23. The number of para-hydroxylation sites is 1. The number of anilines is 1. The van der Waals surface area contributed by atoms with Crippen molar-refractivity contribution in [1.82, 2.24) is 5.16 Å². The number of nitrogens with zero attached hydrogens (tertiary/aromatic N) is 1. The maximum atomic E-state index is 11.9. The van der Waals surface area contributed by atoms with Gasteiger partial charge in [-0.25, -0.2) is 0 Å². The van der Waals surface area contributed by atoms with Crippen LogP contribution in [0.15, 0.2) is 35.0 Å². The lowest BCUT2D eigenvalue weighted by Crippen LogP contribution is -2.14. The van der Waals surface area contributed by atoms with Crippen LogP contribution < -0.4 is 11.1 Å². The Hall–Kier alpha value is -2.14. The molecule has 1 aromatic carbocycles. The third-order valence-corrected chi connectivity index (χ3v) is 2.48. The fourth-order valence-corrected chi connectivity index (χ4v) is 1.53. The topological polar surface area (TPSA) is 81.2 Å². The van der Waals surface area contributed by atoms with Crippen molar-refractivity contribution in [2.24, 2.45) is 5.73 Å². The first-order chi connectivity index (χ1) is 8.22. The van der Waals surface area contributed by atoms with Crippen LogP contribution in [0.5, 0.6) is 0 Å². The van der Waals surface area contributed by atoms with Gasteiger partial charge < -0.3 is 15.6 Å². The molecule has 0 aliphatic heterocycles. The van der Waals surface area contributed by atoms with E-state index in [4.69, 9.17) is 10.3 Å². The molecule has 0 saturated carbocycles. The molecule has 17 heavy (non-hydrogen) atoms. The van der Waals surface area contributed by atoms with E-state index in [1.807, 2.05) is 24.3 Å². The zero-order chi connectivity index (χ0) is 12.3. The lowest BCUT2D eigenvalue weighted by Gasteiger charge is -2.08. The highest BCUT2D eigenvalue weighted by Crippen LogP contribution is 2.16. The van der Waals surface area contributed by atoms with Gasteiger partial charge in [0.05, 0.1) is 6.20 Å². The van der Waals surface area contributed by atoms with Gasteiger partial charge in [0.25, 0.3) is 5.91 Å². The summed E-state index contributed by atoms with van der Waals surface area (Å²) < 4.78 is 4.84. The number of nitrogens with two attached hydrogens (primary N) is 1. The lowest BCUT2D eigenvalue weighted by molar-refractivity contribution is 0.102. The second kappa shape index (κ2) is 4.80. The third-order valence-electron chi connectivity index (χ3n) is 2.48. The van der Waals surface area contributed by atoms with E-state index in [2.05, 4.69) is 10.5 Å². The Balaban J connectivity index is 2.22. The van der Waals surface area contributed by atoms with Crippen LogP contribution in [0, 0.1) is 6.92 Å². The number of hydrogen-bond acceptors (Lipinski definition) is 4. The molecule has 2 rings (SSSR count). The van der Waals surface area contributed by atoms with Crippen LogP contribution in [0.4, 0.5) is 5.69 Å². The van der Waals surface area contributed by atoms with E-state index in [1.54, 1.807) is 6.92 Å². The van der Waals surface area contributed by atoms with Gasteiger partial charge in [-0.1, -0.05) is 23.4 Å². The smallest absolute Gasteiger partial charge is 0.260 e. The van der Waals surface area contributed by atoms with Gasteiger partial charge in [-0.3, -0.25) is 4.79 Å². The van der Waals surface area contributed by atoms with Gasteiger partial charge in [-0.2, -0.15) is 0 Å². The Morgan fingerprint density at radius 2 is 2.24 bits per heavy atom. The quantitative estimate of drug-likeness (QED) is 0.842. The fourth-order valence-electron chi connectivity index (χ4n) is 1.53. The molecule has 1 heterocycles. The largest absolute Gasteiger partial charge is 0.361 e. The van der Waals surface area contributed by atoms with Gasteiger partial charge in [0.2, 0.25) is 0 Å². The minimum atomic E-state index is -0.246. The molecule has 1 amide bonds. The maximum Gasteiger partial charge on any atom is 0.260 e. The molecule has 0 unspecified atom stereocenters. The lowest BCUT2D eigenvalue weighted by atomic mass is 10.1. The molecule has 0 spiro atoms. The molecular weight excluding hydrogens is 218 g/mol. The summed E-state index contributed by atoms with van der Waals surface area (Å²) in [4.78, 5) is 11.9. The Labute approximate surface area is 98.6 Å². The van der Waals surface area contributed by atoms with Crippen molar-refractivity contribution in [1.29, 1.82) is 0 Å². The second-order valence-electron chi connectivity index (χ2n) is 3.61. The van der Waals surface area contributed by atoms with E-state index in [-0.39, 0.29) is 5.91 Å². The standard InChI is InChI=1S/C12H13N3O2/c1-8-10(7-14-17-8)12(16)15-11-5-3-2-4-9(11)6-13/h2-5,7H,6,13H2,1H3,(H,15,16). The molecule has 1 aromatic heterocycles. The van der Waals surface area contributed by atoms with E-state index < -0.39 is 0 Å². The number of aryl methyl sites for hydroxylation is 1. The number of carbonyl (C=O) groups is 1. The summed E-state index contributed by atoms with van der Waals surface area (Å²) in [5.41, 5.74) is 7.61. The molecule has 0 saturated heterocycles. The van der Waals surface area contributed by atoms with E-state index in [0.29, 0.717) is 23.6 Å². The van der Waals surface area contributed by atoms with E-state index in [0.717, 1.165) is 5.56 Å². The number of nitrogens with one attached hydrogen (secondary N) is 1. The summed E-state index contributed by atoms with van der Waals surface area (Å²) in [6.07, 6.45) is 1.40. The number of carbonyl (C=O) groups excluding carboxylic acids is 1. The van der Waals surface area contributed by atoms with Crippen molar-refractivity contribution in [3.8, 4) is 0 Å². The predicted molar refractivity (Wildman–Crippen MR) is 63.5 cm³/mol. The van der Waals surface area contributed by atoms with Crippen LogP contribution >= 0.6 is 0 Å². The van der Waals surface area contributed by atoms with Crippen LogP contribution in [-0.4, -0.2) is 11.1 Å². The molecular formula is C12H13N3O2. The summed E-state index contributed by atoms with van der Waals surface area (Å²) in [5, 5.41) is 6.35. The van der Waals surface area contributed by atoms with Crippen LogP contribution in [-0.2, 0) is 6.54 Å². The highest BCUT2D eigenvalue weighted by molar-refractivity contribution is 6.05. The minimum absolute atomic E-state index is 0.246. The van der Waals surface area contributed by atoms with Gasteiger partial charge in [0, 0.05) is 12.2 Å². The SMILES string of the molecule is Cc1oncc1C(=O)Nc1ccccc1CN. The van der Waals surface area contributed by atoms with E-state index >= 15 is 0 Å². The molecule has 3 N–H and O–H groups in total. The summed E-state index contributed by atoms with van der Waals surface area (Å²) in [6.45, 7) is 2.07. The zero-order valence-corrected chi connectivity index (χ0v) is 9.43. The van der Waals surface area contributed by atoms with Crippen molar-refractivity contribution in [3.05, 3.63) is 47.3 Å². The number of hydrogen-bond donors (Lipinski definition) is 2. The van der Waals surface area contributed by atoms with Crippen molar-refractivity contribution < 1.29 is 9.32 Å². The van der Waals surface area contributed by atoms with Gasteiger partial charge >= 0.3 is 0 Å². The summed E-state index contributed by atoms with van der Waals surface area (Å²) >= 11 is 0. The van der Waals surface area contributed by atoms with Crippen molar-refractivity contribution in [2.75, 3.05) is 5.32 Å². The second-order valence-corrected chi connectivity index (χ2v) is 3.61. The number of amides is 1. The summed E-state index contributed by atoms with van der Waals surface area (Å²) in [7, 11) is 0. The number of aromatic nitrogens is 1. The third kappa shape index (κ3) is 2.34. The van der Waals surface area contributed by atoms with Gasteiger partial charge in [0.15, 0.2) is 0 Å². The maximum absolute atomic E-state index is 11.9. The average Bonchev–Trinajstić information content (AvgIpc) is 2.76. The van der Waals surface area contributed by atoms with Crippen LogP contribution in [0.3, 0.4) is 0 Å². The highest BCUT2D eigenvalue weighted by Gasteiger charge is 2.13. The zero-order valence-electron chi connectivity index (χ0n) is 9.43. The molecule has 0 radical (unpaired) electrons. The molecule has 0 fully saturated rings. The van der Waals surface area contributed by atoms with E-state index in [1.165, 1.54) is 6.20 Å². The number of rotatable bonds is 3. The molecule has 0 atom stereocenters. The van der Waals surface area contributed by atoms with Crippen LogP contribution in [0.1, 0.15) is 21.7 Å². The number of benzene rings is 1. The normalized spacial score (nSPS) is 10.2. The minimum Gasteiger partial charge on any atom is -0.361 e. The molecule has 0 bridgehead atoms. The molecule has 5 nitrogen and oxygen atoms in total. The Morgan fingerprint density at radius 1 is 1.47 bits per heavy atom. The summed E-state index contributed by atoms with van der Waals surface area (Å²) in [5.74, 6) is 0.248.